The average molecular weight is 499 g/mol. The molecule has 0 aromatic carbocycles. The summed E-state index contributed by atoms with van der Waals surface area (Å²) in [4.78, 5) is 46.0. The van der Waals surface area contributed by atoms with Crippen LogP contribution in [-0.2, 0) is 30.7 Å². The summed E-state index contributed by atoms with van der Waals surface area (Å²) in [7, 11) is 0. The monoisotopic (exact) mass is 499 g/mol. The Kier molecular flexibility index (Phi) is 11.5. The second-order valence-corrected chi connectivity index (χ2v) is 4.32. The molecule has 10 N–H and O–H groups in total. The Balaban J connectivity index is -0.000000290. The molecule has 1 aromatic heterocycles. The first-order valence-corrected chi connectivity index (χ1v) is 5.55. The van der Waals surface area contributed by atoms with E-state index < -0.39 is 23.0 Å². The zero-order valence-corrected chi connectivity index (χ0v) is 14.2. The molecule has 130 valence electrons. The number of hydrogen-bond donors (Lipinski definition) is 6. The van der Waals surface area contributed by atoms with Crippen LogP contribution in [0.25, 0.3) is 0 Å². The van der Waals surface area contributed by atoms with Crippen LogP contribution in [0.15, 0.2) is 15.7 Å². The van der Waals surface area contributed by atoms with Gasteiger partial charge in [-0.2, -0.15) is 0 Å². The number of carbonyl (C=O) groups is 2. The molecule has 1 aliphatic rings. The first-order chi connectivity index (χ1) is 8.78. The van der Waals surface area contributed by atoms with Crippen molar-refractivity contribution in [1.29, 1.82) is 0 Å². The maximum atomic E-state index is 10.4. The largest absolute Gasteiger partial charge is 0.480 e. The van der Waals surface area contributed by atoms with Crippen LogP contribution in [0.1, 0.15) is 25.0 Å². The predicted molar refractivity (Wildman–Crippen MR) is 74.0 cm³/mol. The molecule has 0 spiro atoms. The van der Waals surface area contributed by atoms with Crippen molar-refractivity contribution in [1.82, 2.24) is 22.3 Å². The number of aliphatic carboxylic acids is 2. The summed E-state index contributed by atoms with van der Waals surface area (Å²) in [5.41, 5.74) is -1.69. The van der Waals surface area contributed by atoms with E-state index in [0.29, 0.717) is 12.1 Å². The van der Waals surface area contributed by atoms with Crippen molar-refractivity contribution in [3.05, 3.63) is 32.6 Å². The van der Waals surface area contributed by atoms with E-state index in [4.69, 9.17) is 10.2 Å². The first-order valence-electron chi connectivity index (χ1n) is 5.55. The summed E-state index contributed by atoms with van der Waals surface area (Å²) < 4.78 is 0. The van der Waals surface area contributed by atoms with Gasteiger partial charge in [0, 0.05) is 32.8 Å². The van der Waals surface area contributed by atoms with Crippen LogP contribution in [-0.4, -0.2) is 32.1 Å². The van der Waals surface area contributed by atoms with Crippen LogP contribution >= 0.6 is 0 Å². The van der Waals surface area contributed by atoms with Crippen LogP contribution in [0.5, 0.6) is 0 Å². The number of carboxylic acid groups (broad SMARTS) is 2. The third kappa shape index (κ3) is 5.92. The normalized spacial score (nSPS) is 13.5. The standard InChI is InChI=1S/C6H8O4.C5H6N2O2.2H3N.Pt/c7-4(8)6(5(9)10)2-1-3-6;1-3-2-4(8)7-5(9)6-3;;;/h1-3H2,(H,7,8)(H,9,10);2H,1H3,(H2,6,7,8,9);2*1H3;. The Hall–Kier alpha value is -1.77. The molecule has 0 amide bonds. The van der Waals surface area contributed by atoms with Gasteiger partial charge in [0.05, 0.1) is 0 Å². The Morgan fingerprint density at radius 1 is 1.09 bits per heavy atom. The van der Waals surface area contributed by atoms with E-state index in [0.717, 1.165) is 0 Å². The molecular weight excluding hydrogens is 479 g/mol. The van der Waals surface area contributed by atoms with Crippen LogP contribution < -0.4 is 23.6 Å². The van der Waals surface area contributed by atoms with E-state index in [1.807, 2.05) is 4.98 Å². The van der Waals surface area contributed by atoms with Gasteiger partial charge < -0.3 is 27.5 Å². The summed E-state index contributed by atoms with van der Waals surface area (Å²) in [5.74, 6) is -2.41. The summed E-state index contributed by atoms with van der Waals surface area (Å²) in [5, 5.41) is 16.9. The number of aromatic amines is 2. The van der Waals surface area contributed by atoms with Crippen LogP contribution in [0, 0.1) is 12.3 Å². The average Bonchev–Trinajstić information content (AvgIpc) is 2.11. The summed E-state index contributed by atoms with van der Waals surface area (Å²) >= 11 is 0. The molecular formula is C11H20N4O6Pt. The number of H-pyrrole nitrogens is 2. The molecule has 22 heavy (non-hydrogen) atoms. The van der Waals surface area contributed by atoms with E-state index in [2.05, 4.69) is 4.98 Å². The van der Waals surface area contributed by atoms with Crippen molar-refractivity contribution in [3.8, 4) is 0 Å². The molecule has 1 aliphatic carbocycles. The number of carboxylic acids is 2. The van der Waals surface area contributed by atoms with Gasteiger partial charge in [-0.25, -0.2) is 4.79 Å². The van der Waals surface area contributed by atoms with E-state index >= 15 is 0 Å². The molecule has 0 radical (unpaired) electrons. The molecule has 10 nitrogen and oxygen atoms in total. The van der Waals surface area contributed by atoms with Crippen molar-refractivity contribution in [2.45, 2.75) is 26.2 Å². The van der Waals surface area contributed by atoms with E-state index in [1.54, 1.807) is 6.92 Å². The molecule has 0 unspecified atom stereocenters. The van der Waals surface area contributed by atoms with Crippen molar-refractivity contribution in [3.63, 3.8) is 0 Å². The van der Waals surface area contributed by atoms with Crippen molar-refractivity contribution >= 4 is 11.9 Å². The number of aromatic nitrogens is 2. The molecule has 1 saturated carbocycles. The van der Waals surface area contributed by atoms with Crippen LogP contribution in [0.2, 0.25) is 0 Å². The zero-order chi connectivity index (χ0) is 14.6. The van der Waals surface area contributed by atoms with Gasteiger partial charge in [0.15, 0.2) is 5.41 Å². The van der Waals surface area contributed by atoms with Crippen molar-refractivity contribution in [2.75, 3.05) is 0 Å². The maximum absolute atomic E-state index is 10.4. The minimum atomic E-state index is -1.44. The van der Waals surface area contributed by atoms with Gasteiger partial charge in [0.2, 0.25) is 0 Å². The maximum Gasteiger partial charge on any atom is 0.325 e. The molecule has 1 fully saturated rings. The summed E-state index contributed by atoms with van der Waals surface area (Å²) in [6.07, 6.45) is 1.26. The minimum absolute atomic E-state index is 0. The van der Waals surface area contributed by atoms with Gasteiger partial charge in [-0.05, 0) is 26.2 Å². The molecule has 2 rings (SSSR count). The van der Waals surface area contributed by atoms with Gasteiger partial charge in [0.25, 0.3) is 5.56 Å². The molecule has 1 heterocycles. The Bertz CT molecular complexity index is 563. The van der Waals surface area contributed by atoms with E-state index in [9.17, 15) is 19.2 Å². The number of aryl methyl sites for hydroxylation is 1. The molecule has 0 saturated heterocycles. The van der Waals surface area contributed by atoms with E-state index in [1.165, 1.54) is 6.07 Å². The minimum Gasteiger partial charge on any atom is -0.480 e. The summed E-state index contributed by atoms with van der Waals surface area (Å²) in [6.45, 7) is 1.65. The fraction of sp³-hybridized carbons (Fsp3) is 0.455. The number of hydrogen-bond acceptors (Lipinski definition) is 6. The third-order valence-corrected chi connectivity index (χ3v) is 2.92. The summed E-state index contributed by atoms with van der Waals surface area (Å²) in [6, 6.07) is 1.32. The topological polar surface area (TPSA) is 210 Å². The molecule has 1 aromatic rings. The predicted octanol–water partition coefficient (Wildman–Crippen LogP) is 0.0190. The second kappa shape index (κ2) is 10.0. The first kappa shape index (κ1) is 25.2. The third-order valence-electron chi connectivity index (χ3n) is 2.92. The van der Waals surface area contributed by atoms with Gasteiger partial charge in [-0.3, -0.25) is 19.4 Å². The quantitative estimate of drug-likeness (QED) is 0.305. The molecule has 0 aliphatic heterocycles. The Morgan fingerprint density at radius 3 is 1.73 bits per heavy atom. The van der Waals surface area contributed by atoms with Gasteiger partial charge in [0.1, 0.15) is 0 Å². The molecule has 11 heteroatoms. The smallest absolute Gasteiger partial charge is 0.325 e. The number of rotatable bonds is 2. The van der Waals surface area contributed by atoms with Crippen LogP contribution in [0.4, 0.5) is 0 Å². The van der Waals surface area contributed by atoms with Crippen molar-refractivity contribution in [2.24, 2.45) is 5.41 Å². The fourth-order valence-corrected chi connectivity index (χ4v) is 1.64. The van der Waals surface area contributed by atoms with Crippen molar-refractivity contribution < 1.29 is 40.9 Å². The van der Waals surface area contributed by atoms with E-state index in [-0.39, 0.29) is 51.8 Å². The van der Waals surface area contributed by atoms with Gasteiger partial charge in [-0.15, -0.1) is 0 Å². The molecule has 0 atom stereocenters. The SMILES string of the molecule is Cc1cc(=O)[nH]c(=O)[nH]1.N.N.O=C(O)C1(C(=O)O)CCC1.[Pt]. The Morgan fingerprint density at radius 2 is 1.55 bits per heavy atom. The van der Waals surface area contributed by atoms with Gasteiger partial charge >= 0.3 is 17.6 Å². The number of nitrogens with one attached hydrogen (secondary N) is 2. The van der Waals surface area contributed by atoms with Gasteiger partial charge in [-0.1, -0.05) is 0 Å². The zero-order valence-electron chi connectivity index (χ0n) is 12.0. The van der Waals surface area contributed by atoms with Crippen LogP contribution in [0.3, 0.4) is 0 Å². The fourth-order valence-electron chi connectivity index (χ4n) is 1.64. The second-order valence-electron chi connectivity index (χ2n) is 4.32. The molecule has 0 bridgehead atoms. The Labute approximate surface area is 139 Å².